The minimum absolute atomic E-state index is 0.0794. The number of carbonyl (C=O) groups excluding carboxylic acids is 2. The molecule has 0 heterocycles. The minimum atomic E-state index is -0.818. The molecule has 0 saturated heterocycles. The number of carbonyl (C=O) groups is 2. The van der Waals surface area contributed by atoms with Crippen molar-refractivity contribution in [1.29, 1.82) is 0 Å². The van der Waals surface area contributed by atoms with Crippen molar-refractivity contribution >= 4 is 11.8 Å². The zero-order valence-electron chi connectivity index (χ0n) is 10.2. The molecule has 0 saturated carbocycles. The average molecular weight is 256 g/mol. The molecule has 0 bridgehead atoms. The van der Waals surface area contributed by atoms with Crippen molar-refractivity contribution in [3.8, 4) is 0 Å². The smallest absolute Gasteiger partial charge is 0.306 e. The summed E-state index contributed by atoms with van der Waals surface area (Å²) in [7, 11) is 0. The molecule has 1 rings (SSSR count). The van der Waals surface area contributed by atoms with Crippen molar-refractivity contribution < 1.29 is 23.1 Å². The predicted molar refractivity (Wildman–Crippen MR) is 61.1 cm³/mol. The van der Waals surface area contributed by atoms with Gasteiger partial charge in [0.15, 0.2) is 5.78 Å². The van der Waals surface area contributed by atoms with Crippen molar-refractivity contribution in [3.05, 3.63) is 35.4 Å². The van der Waals surface area contributed by atoms with E-state index in [4.69, 9.17) is 4.74 Å². The summed E-state index contributed by atoms with van der Waals surface area (Å²) in [4.78, 5) is 23.0. The number of Topliss-reactive ketones (excluding diaryl/α,β-unsaturated/α-hetero) is 1. The van der Waals surface area contributed by atoms with Gasteiger partial charge < -0.3 is 4.74 Å². The molecule has 1 atom stereocenters. The van der Waals surface area contributed by atoms with Gasteiger partial charge in [0.05, 0.1) is 13.0 Å². The van der Waals surface area contributed by atoms with Crippen LogP contribution in [0.1, 0.15) is 30.6 Å². The van der Waals surface area contributed by atoms with E-state index in [2.05, 4.69) is 0 Å². The van der Waals surface area contributed by atoms with E-state index in [0.717, 1.165) is 12.1 Å². The Hall–Kier alpha value is -1.78. The number of benzene rings is 1. The molecule has 1 unspecified atom stereocenters. The Morgan fingerprint density at radius 2 is 1.78 bits per heavy atom. The van der Waals surface area contributed by atoms with Gasteiger partial charge in [-0.2, -0.15) is 0 Å². The van der Waals surface area contributed by atoms with E-state index in [9.17, 15) is 18.4 Å². The molecule has 0 N–H and O–H groups in total. The number of esters is 1. The fourth-order valence-corrected chi connectivity index (χ4v) is 1.54. The fourth-order valence-electron chi connectivity index (χ4n) is 1.54. The van der Waals surface area contributed by atoms with Crippen molar-refractivity contribution in [2.24, 2.45) is 5.92 Å². The molecule has 3 nitrogen and oxygen atoms in total. The van der Waals surface area contributed by atoms with Crippen molar-refractivity contribution in [2.75, 3.05) is 6.61 Å². The number of ether oxygens (including phenoxy) is 1. The van der Waals surface area contributed by atoms with Crippen LogP contribution in [-0.2, 0) is 9.53 Å². The summed E-state index contributed by atoms with van der Waals surface area (Å²) in [5, 5.41) is 0. The lowest BCUT2D eigenvalue weighted by Gasteiger charge is -2.10. The monoisotopic (exact) mass is 256 g/mol. The van der Waals surface area contributed by atoms with Gasteiger partial charge in [-0.1, -0.05) is 6.92 Å². The Labute approximate surface area is 104 Å². The van der Waals surface area contributed by atoms with Crippen molar-refractivity contribution in [3.63, 3.8) is 0 Å². The van der Waals surface area contributed by atoms with E-state index in [1.165, 1.54) is 6.92 Å². The Balaban J connectivity index is 2.77. The molecular formula is C13H14F2O3. The maximum absolute atomic E-state index is 13.0. The number of hydrogen-bond donors (Lipinski definition) is 0. The summed E-state index contributed by atoms with van der Waals surface area (Å²) in [6.07, 6.45) is -0.106. The molecule has 0 aliphatic carbocycles. The lowest BCUT2D eigenvalue weighted by atomic mass is 9.96. The second-order valence-electron chi connectivity index (χ2n) is 3.93. The lowest BCUT2D eigenvalue weighted by Crippen LogP contribution is -2.17. The lowest BCUT2D eigenvalue weighted by molar-refractivity contribution is -0.143. The van der Waals surface area contributed by atoms with Crippen LogP contribution in [0.3, 0.4) is 0 Å². The number of halogens is 2. The highest BCUT2D eigenvalue weighted by Gasteiger charge is 2.20. The normalized spacial score (nSPS) is 12.0. The van der Waals surface area contributed by atoms with Gasteiger partial charge in [-0.05, 0) is 19.1 Å². The van der Waals surface area contributed by atoms with Crippen molar-refractivity contribution in [1.82, 2.24) is 0 Å². The summed E-state index contributed by atoms with van der Waals surface area (Å²) in [5.41, 5.74) is -0.0794. The second-order valence-corrected chi connectivity index (χ2v) is 3.93. The standard InChI is InChI=1S/C13H14F2O3/c1-3-18-12(16)4-8(2)13(17)9-5-10(14)7-11(15)6-9/h5-8H,3-4H2,1-2H3. The quantitative estimate of drug-likeness (QED) is 0.601. The van der Waals surface area contributed by atoms with Gasteiger partial charge in [-0.15, -0.1) is 0 Å². The molecule has 5 heteroatoms. The zero-order chi connectivity index (χ0) is 13.7. The molecule has 0 aliphatic heterocycles. The van der Waals surface area contributed by atoms with Crippen LogP contribution in [0, 0.1) is 17.6 Å². The van der Waals surface area contributed by atoms with Crippen LogP contribution in [-0.4, -0.2) is 18.4 Å². The van der Waals surface area contributed by atoms with E-state index in [1.54, 1.807) is 6.92 Å². The third-order valence-corrected chi connectivity index (χ3v) is 2.37. The maximum atomic E-state index is 13.0. The molecular weight excluding hydrogens is 242 g/mol. The Morgan fingerprint density at radius 1 is 1.22 bits per heavy atom. The first-order valence-corrected chi connectivity index (χ1v) is 5.60. The van der Waals surface area contributed by atoms with Crippen LogP contribution < -0.4 is 0 Å². The zero-order valence-corrected chi connectivity index (χ0v) is 10.2. The van der Waals surface area contributed by atoms with Gasteiger partial charge in [0.2, 0.25) is 0 Å². The van der Waals surface area contributed by atoms with E-state index in [-0.39, 0.29) is 18.6 Å². The van der Waals surface area contributed by atoms with Crippen molar-refractivity contribution in [2.45, 2.75) is 20.3 Å². The third kappa shape index (κ3) is 3.91. The number of rotatable bonds is 5. The molecule has 1 aromatic rings. The molecule has 18 heavy (non-hydrogen) atoms. The number of hydrogen-bond acceptors (Lipinski definition) is 3. The first-order valence-electron chi connectivity index (χ1n) is 5.60. The minimum Gasteiger partial charge on any atom is -0.466 e. The predicted octanol–water partition coefficient (Wildman–Crippen LogP) is 2.74. The van der Waals surface area contributed by atoms with Gasteiger partial charge in [-0.3, -0.25) is 9.59 Å². The molecule has 0 radical (unpaired) electrons. The summed E-state index contributed by atoms with van der Waals surface area (Å²) < 4.78 is 30.6. The van der Waals surface area contributed by atoms with Crippen LogP contribution in [0.25, 0.3) is 0 Å². The topological polar surface area (TPSA) is 43.4 Å². The van der Waals surface area contributed by atoms with E-state index in [1.807, 2.05) is 0 Å². The van der Waals surface area contributed by atoms with Gasteiger partial charge in [0, 0.05) is 17.5 Å². The highest BCUT2D eigenvalue weighted by Crippen LogP contribution is 2.15. The van der Waals surface area contributed by atoms with E-state index in [0.29, 0.717) is 6.07 Å². The average Bonchev–Trinajstić information content (AvgIpc) is 2.26. The van der Waals surface area contributed by atoms with Gasteiger partial charge in [-0.25, -0.2) is 8.78 Å². The summed E-state index contributed by atoms with van der Waals surface area (Å²) in [6.45, 7) is 3.41. The molecule has 0 fully saturated rings. The summed E-state index contributed by atoms with van der Waals surface area (Å²) >= 11 is 0. The fraction of sp³-hybridized carbons (Fsp3) is 0.385. The Bertz CT molecular complexity index is 437. The third-order valence-electron chi connectivity index (χ3n) is 2.37. The summed E-state index contributed by atoms with van der Waals surface area (Å²) in [5.74, 6) is -3.30. The second kappa shape index (κ2) is 6.23. The van der Waals surface area contributed by atoms with Crippen LogP contribution in [0.4, 0.5) is 8.78 Å². The Kier molecular flexibility index (Phi) is 4.95. The molecule has 1 aromatic carbocycles. The largest absolute Gasteiger partial charge is 0.466 e. The molecule has 0 spiro atoms. The molecule has 0 aliphatic rings. The first kappa shape index (κ1) is 14.3. The van der Waals surface area contributed by atoms with E-state index < -0.39 is 29.3 Å². The SMILES string of the molecule is CCOC(=O)CC(C)C(=O)c1cc(F)cc(F)c1. The highest BCUT2D eigenvalue weighted by molar-refractivity contribution is 5.99. The maximum Gasteiger partial charge on any atom is 0.306 e. The van der Waals surface area contributed by atoms with Crippen LogP contribution in [0.15, 0.2) is 18.2 Å². The van der Waals surface area contributed by atoms with E-state index >= 15 is 0 Å². The number of ketones is 1. The van der Waals surface area contributed by atoms with Crippen LogP contribution in [0.5, 0.6) is 0 Å². The van der Waals surface area contributed by atoms with Gasteiger partial charge in [0.1, 0.15) is 11.6 Å². The highest BCUT2D eigenvalue weighted by atomic mass is 19.1. The van der Waals surface area contributed by atoms with Crippen LogP contribution >= 0.6 is 0 Å². The first-order chi connectivity index (χ1) is 8.43. The summed E-state index contributed by atoms with van der Waals surface area (Å²) in [6, 6.07) is 2.59. The Morgan fingerprint density at radius 3 is 2.28 bits per heavy atom. The molecule has 0 aromatic heterocycles. The molecule has 98 valence electrons. The van der Waals surface area contributed by atoms with Gasteiger partial charge >= 0.3 is 5.97 Å². The van der Waals surface area contributed by atoms with Crippen LogP contribution in [0.2, 0.25) is 0 Å². The molecule has 0 amide bonds. The van der Waals surface area contributed by atoms with Gasteiger partial charge in [0.25, 0.3) is 0 Å².